The van der Waals surface area contributed by atoms with Crippen molar-refractivity contribution in [3.05, 3.63) is 52.5 Å². The van der Waals surface area contributed by atoms with Crippen LogP contribution in [0.25, 0.3) is 0 Å². The molecule has 0 aliphatic heterocycles. The Morgan fingerprint density at radius 1 is 1.00 bits per heavy atom. The maximum Gasteiger partial charge on any atom is 0.255 e. The van der Waals surface area contributed by atoms with Gasteiger partial charge in [-0.25, -0.2) is 0 Å². The van der Waals surface area contributed by atoms with Crippen molar-refractivity contribution in [2.75, 3.05) is 17.2 Å². The molecule has 0 aromatic heterocycles. The Morgan fingerprint density at radius 2 is 1.65 bits per heavy atom. The van der Waals surface area contributed by atoms with Crippen LogP contribution in [0.3, 0.4) is 0 Å². The minimum atomic E-state index is -0.212. The number of amides is 2. The Hall–Kier alpha value is -2.34. The Balaban J connectivity index is 1.98. The van der Waals surface area contributed by atoms with Crippen molar-refractivity contribution in [1.29, 1.82) is 0 Å². The molecule has 0 unspecified atom stereocenters. The highest BCUT2D eigenvalue weighted by Crippen LogP contribution is 2.26. The molecule has 2 amide bonds. The summed E-state index contributed by atoms with van der Waals surface area (Å²) in [6.45, 7) is 4.56. The second kappa shape index (κ2) is 9.97. The molecular weight excluding hydrogens is 396 g/mol. The van der Waals surface area contributed by atoms with Gasteiger partial charge < -0.3 is 15.4 Å². The molecule has 2 rings (SSSR count). The van der Waals surface area contributed by atoms with E-state index in [0.717, 1.165) is 23.1 Å². The van der Waals surface area contributed by atoms with E-state index in [9.17, 15) is 9.59 Å². The topological polar surface area (TPSA) is 67.4 Å². The predicted molar refractivity (Wildman–Crippen MR) is 108 cm³/mol. The molecule has 6 heteroatoms. The Bertz CT molecular complexity index is 760. The Morgan fingerprint density at radius 3 is 2.23 bits per heavy atom. The quantitative estimate of drug-likeness (QED) is 0.576. The standard InChI is InChI=1S/C20H23BrN2O3/c1-3-5-12-26-18-11-6-14(13-17(18)21)20(25)23-16-9-7-15(8-10-16)22-19(24)4-2/h6-11,13H,3-5,12H2,1-2H3,(H,22,24)(H,23,25). The average molecular weight is 419 g/mol. The molecule has 0 saturated carbocycles. The minimum Gasteiger partial charge on any atom is -0.492 e. The molecule has 5 nitrogen and oxygen atoms in total. The SMILES string of the molecule is CCCCOc1ccc(C(=O)Nc2ccc(NC(=O)CC)cc2)cc1Br. The van der Waals surface area contributed by atoms with Crippen molar-refractivity contribution in [3.63, 3.8) is 0 Å². The van der Waals surface area contributed by atoms with Gasteiger partial charge in [0.05, 0.1) is 11.1 Å². The van der Waals surface area contributed by atoms with Crippen LogP contribution in [0.5, 0.6) is 5.75 Å². The molecule has 26 heavy (non-hydrogen) atoms. The van der Waals surface area contributed by atoms with Crippen molar-refractivity contribution in [1.82, 2.24) is 0 Å². The van der Waals surface area contributed by atoms with Gasteiger partial charge in [0.25, 0.3) is 5.91 Å². The van der Waals surface area contributed by atoms with Crippen molar-refractivity contribution in [3.8, 4) is 5.75 Å². The molecule has 0 heterocycles. The molecular formula is C20H23BrN2O3. The van der Waals surface area contributed by atoms with E-state index in [1.165, 1.54) is 0 Å². The van der Waals surface area contributed by atoms with Crippen LogP contribution in [0.1, 0.15) is 43.5 Å². The second-order valence-electron chi connectivity index (χ2n) is 5.78. The normalized spacial score (nSPS) is 10.3. The van der Waals surface area contributed by atoms with Gasteiger partial charge in [0, 0.05) is 23.4 Å². The molecule has 0 radical (unpaired) electrons. The zero-order valence-corrected chi connectivity index (χ0v) is 16.6. The lowest BCUT2D eigenvalue weighted by atomic mass is 10.2. The average Bonchev–Trinajstić information content (AvgIpc) is 2.64. The van der Waals surface area contributed by atoms with Crippen LogP contribution in [0, 0.1) is 0 Å². The Labute approximate surface area is 162 Å². The smallest absolute Gasteiger partial charge is 0.255 e. The summed E-state index contributed by atoms with van der Waals surface area (Å²) >= 11 is 3.45. The summed E-state index contributed by atoms with van der Waals surface area (Å²) in [6, 6.07) is 12.3. The zero-order valence-electron chi connectivity index (χ0n) is 15.0. The van der Waals surface area contributed by atoms with Gasteiger partial charge in [-0.1, -0.05) is 20.3 Å². The van der Waals surface area contributed by atoms with Crippen LogP contribution in [-0.4, -0.2) is 18.4 Å². The van der Waals surface area contributed by atoms with Crippen molar-refractivity contribution in [2.24, 2.45) is 0 Å². The van der Waals surface area contributed by atoms with Gasteiger partial charge in [-0.2, -0.15) is 0 Å². The number of carbonyl (C=O) groups is 2. The second-order valence-corrected chi connectivity index (χ2v) is 6.63. The summed E-state index contributed by atoms with van der Waals surface area (Å²) < 4.78 is 6.42. The largest absolute Gasteiger partial charge is 0.492 e. The van der Waals surface area contributed by atoms with Crippen molar-refractivity contribution in [2.45, 2.75) is 33.1 Å². The molecule has 2 aromatic rings. The molecule has 0 spiro atoms. The number of anilines is 2. The number of benzene rings is 2. The number of unbranched alkanes of at least 4 members (excludes halogenated alkanes) is 1. The Kier molecular flexibility index (Phi) is 7.66. The summed E-state index contributed by atoms with van der Waals surface area (Å²) in [7, 11) is 0. The highest BCUT2D eigenvalue weighted by molar-refractivity contribution is 9.10. The van der Waals surface area contributed by atoms with Gasteiger partial charge in [0.2, 0.25) is 5.91 Å². The lowest BCUT2D eigenvalue weighted by molar-refractivity contribution is -0.115. The van der Waals surface area contributed by atoms with E-state index >= 15 is 0 Å². The van der Waals surface area contributed by atoms with Gasteiger partial charge in [0.15, 0.2) is 0 Å². The van der Waals surface area contributed by atoms with Gasteiger partial charge in [-0.3, -0.25) is 9.59 Å². The number of ether oxygens (including phenoxy) is 1. The highest BCUT2D eigenvalue weighted by atomic mass is 79.9. The van der Waals surface area contributed by atoms with Crippen LogP contribution in [0.15, 0.2) is 46.9 Å². The number of halogens is 1. The lowest BCUT2D eigenvalue weighted by Gasteiger charge is -2.10. The minimum absolute atomic E-state index is 0.0483. The molecule has 0 aliphatic rings. The molecule has 2 aromatic carbocycles. The zero-order chi connectivity index (χ0) is 18.9. The van der Waals surface area contributed by atoms with E-state index in [-0.39, 0.29) is 11.8 Å². The van der Waals surface area contributed by atoms with E-state index in [1.807, 2.05) is 0 Å². The first-order chi connectivity index (χ1) is 12.5. The molecule has 0 aliphatic carbocycles. The molecule has 0 fully saturated rings. The van der Waals surface area contributed by atoms with Gasteiger partial charge in [-0.05, 0) is 64.8 Å². The fourth-order valence-electron chi connectivity index (χ4n) is 2.18. The van der Waals surface area contributed by atoms with Crippen LogP contribution < -0.4 is 15.4 Å². The summed E-state index contributed by atoms with van der Waals surface area (Å²) in [5, 5.41) is 5.61. The summed E-state index contributed by atoms with van der Waals surface area (Å²) in [5.74, 6) is 0.468. The van der Waals surface area contributed by atoms with E-state index in [2.05, 4.69) is 33.5 Å². The number of hydrogen-bond donors (Lipinski definition) is 2. The van der Waals surface area contributed by atoms with Crippen molar-refractivity contribution < 1.29 is 14.3 Å². The third-order valence-electron chi connectivity index (χ3n) is 3.70. The van der Waals surface area contributed by atoms with Crippen LogP contribution in [0.2, 0.25) is 0 Å². The lowest BCUT2D eigenvalue weighted by Crippen LogP contribution is -2.12. The molecule has 0 atom stereocenters. The third kappa shape index (κ3) is 5.88. The van der Waals surface area contributed by atoms with Gasteiger partial charge in [0.1, 0.15) is 5.75 Å². The van der Waals surface area contributed by atoms with E-state index in [4.69, 9.17) is 4.74 Å². The maximum absolute atomic E-state index is 12.4. The van der Waals surface area contributed by atoms with E-state index in [1.54, 1.807) is 49.4 Å². The summed E-state index contributed by atoms with van der Waals surface area (Å²) in [6.07, 6.45) is 2.48. The van der Waals surface area contributed by atoms with Crippen LogP contribution in [0.4, 0.5) is 11.4 Å². The van der Waals surface area contributed by atoms with E-state index in [0.29, 0.717) is 30.0 Å². The van der Waals surface area contributed by atoms with Crippen molar-refractivity contribution >= 4 is 39.1 Å². The van der Waals surface area contributed by atoms with Crippen LogP contribution >= 0.6 is 15.9 Å². The van der Waals surface area contributed by atoms with Gasteiger partial charge in [-0.15, -0.1) is 0 Å². The fourth-order valence-corrected chi connectivity index (χ4v) is 2.67. The number of carbonyl (C=O) groups excluding carboxylic acids is 2. The van der Waals surface area contributed by atoms with Crippen LogP contribution in [-0.2, 0) is 4.79 Å². The number of nitrogens with one attached hydrogen (secondary N) is 2. The first kappa shape index (κ1) is 20.0. The fraction of sp³-hybridized carbons (Fsp3) is 0.300. The monoisotopic (exact) mass is 418 g/mol. The first-order valence-electron chi connectivity index (χ1n) is 8.67. The summed E-state index contributed by atoms with van der Waals surface area (Å²) in [4.78, 5) is 23.8. The molecule has 0 saturated heterocycles. The molecule has 138 valence electrons. The van der Waals surface area contributed by atoms with Gasteiger partial charge >= 0.3 is 0 Å². The van der Waals surface area contributed by atoms with E-state index < -0.39 is 0 Å². The summed E-state index contributed by atoms with van der Waals surface area (Å²) in [5.41, 5.74) is 1.89. The number of hydrogen-bond acceptors (Lipinski definition) is 3. The third-order valence-corrected chi connectivity index (χ3v) is 4.32. The highest BCUT2D eigenvalue weighted by Gasteiger charge is 2.10. The predicted octanol–water partition coefficient (Wildman–Crippen LogP) is 5.23. The molecule has 0 bridgehead atoms. The number of rotatable bonds is 8. The molecule has 2 N–H and O–H groups in total. The maximum atomic E-state index is 12.4. The first-order valence-corrected chi connectivity index (χ1v) is 9.46.